The average molecular weight is 393 g/mol. The summed E-state index contributed by atoms with van der Waals surface area (Å²) in [6.07, 6.45) is 2.35. The number of nitrogens with zero attached hydrogens (tertiary/aromatic N) is 2. The number of benzene rings is 1. The molecular weight excluding hydrogens is 370 g/mol. The highest BCUT2D eigenvalue weighted by Crippen LogP contribution is 2.28. The third-order valence-corrected chi connectivity index (χ3v) is 5.42. The Morgan fingerprint density at radius 3 is 2.86 bits per heavy atom. The number of nitrogens with one attached hydrogen (secondary N) is 2. The summed E-state index contributed by atoms with van der Waals surface area (Å²) in [4.78, 5) is 42.2. The van der Waals surface area contributed by atoms with Gasteiger partial charge >= 0.3 is 0 Å². The molecule has 1 unspecified atom stereocenters. The molecule has 3 amide bonds. The van der Waals surface area contributed by atoms with Crippen molar-refractivity contribution in [2.24, 2.45) is 5.73 Å². The van der Waals surface area contributed by atoms with Gasteiger partial charge in [0.15, 0.2) is 0 Å². The minimum atomic E-state index is -0.588. The lowest BCUT2D eigenvalue weighted by Crippen LogP contribution is -2.52. The Morgan fingerprint density at radius 1 is 1.21 bits per heavy atom. The number of amides is 3. The van der Waals surface area contributed by atoms with Gasteiger partial charge in [-0.15, -0.1) is 0 Å². The lowest BCUT2D eigenvalue weighted by molar-refractivity contribution is -0.136. The summed E-state index contributed by atoms with van der Waals surface area (Å²) in [6, 6.07) is 9.09. The molecule has 1 fully saturated rings. The SMILES string of the molecule is NCc1ncccc1CNCc1ccc2c(c1)C(=O)N(C1CCC(=O)NC1=O)C2. The molecule has 2 aliphatic rings. The molecule has 2 aliphatic heterocycles. The summed E-state index contributed by atoms with van der Waals surface area (Å²) >= 11 is 0. The van der Waals surface area contributed by atoms with Gasteiger partial charge < -0.3 is 16.0 Å². The van der Waals surface area contributed by atoms with Gasteiger partial charge in [-0.25, -0.2) is 0 Å². The maximum absolute atomic E-state index is 12.9. The fraction of sp³-hybridized carbons (Fsp3) is 0.333. The highest BCUT2D eigenvalue weighted by molar-refractivity contribution is 6.05. The van der Waals surface area contributed by atoms with Gasteiger partial charge in [0.25, 0.3) is 5.91 Å². The molecule has 8 heteroatoms. The van der Waals surface area contributed by atoms with Crippen molar-refractivity contribution < 1.29 is 14.4 Å². The number of pyridine rings is 1. The first-order valence-electron chi connectivity index (χ1n) is 9.67. The van der Waals surface area contributed by atoms with Gasteiger partial charge in [-0.2, -0.15) is 0 Å². The van der Waals surface area contributed by atoms with Gasteiger partial charge in [0, 0.05) is 44.4 Å². The second kappa shape index (κ2) is 8.10. The quantitative estimate of drug-likeness (QED) is 0.619. The molecule has 1 aromatic heterocycles. The minimum Gasteiger partial charge on any atom is -0.325 e. The maximum atomic E-state index is 12.9. The normalized spacial score (nSPS) is 18.7. The molecule has 150 valence electrons. The van der Waals surface area contributed by atoms with Crippen LogP contribution in [0, 0.1) is 0 Å². The first kappa shape index (κ1) is 19.2. The van der Waals surface area contributed by atoms with E-state index < -0.39 is 11.9 Å². The van der Waals surface area contributed by atoms with Gasteiger partial charge in [0.2, 0.25) is 11.8 Å². The maximum Gasteiger partial charge on any atom is 0.255 e. The largest absolute Gasteiger partial charge is 0.325 e. The second-order valence-corrected chi connectivity index (χ2v) is 7.31. The molecule has 1 saturated heterocycles. The molecule has 4 rings (SSSR count). The van der Waals surface area contributed by atoms with Crippen molar-refractivity contribution in [3.8, 4) is 0 Å². The topological polar surface area (TPSA) is 117 Å². The highest BCUT2D eigenvalue weighted by atomic mass is 16.2. The predicted molar refractivity (Wildman–Crippen MR) is 105 cm³/mol. The van der Waals surface area contributed by atoms with E-state index in [4.69, 9.17) is 5.73 Å². The Balaban J connectivity index is 1.41. The first-order chi connectivity index (χ1) is 14.1. The Morgan fingerprint density at radius 2 is 2.07 bits per heavy atom. The van der Waals surface area contributed by atoms with E-state index in [0.29, 0.717) is 38.2 Å². The van der Waals surface area contributed by atoms with Crippen LogP contribution < -0.4 is 16.4 Å². The molecule has 1 aromatic carbocycles. The van der Waals surface area contributed by atoms with E-state index in [1.807, 2.05) is 30.3 Å². The second-order valence-electron chi connectivity index (χ2n) is 7.31. The Labute approximate surface area is 168 Å². The highest BCUT2D eigenvalue weighted by Gasteiger charge is 2.39. The number of nitrogens with two attached hydrogens (primary N) is 1. The molecular formula is C21H23N5O3. The number of piperidine rings is 1. The van der Waals surface area contributed by atoms with E-state index in [-0.39, 0.29) is 18.2 Å². The summed E-state index contributed by atoms with van der Waals surface area (Å²) in [5.41, 5.74) is 10.2. The number of aromatic nitrogens is 1. The molecule has 8 nitrogen and oxygen atoms in total. The number of carbonyl (C=O) groups is 3. The fourth-order valence-electron chi connectivity index (χ4n) is 3.87. The number of carbonyl (C=O) groups excluding carboxylic acids is 3. The van der Waals surface area contributed by atoms with E-state index >= 15 is 0 Å². The van der Waals surface area contributed by atoms with Crippen LogP contribution in [0.25, 0.3) is 0 Å². The van der Waals surface area contributed by atoms with E-state index in [1.165, 1.54) is 0 Å². The van der Waals surface area contributed by atoms with Crippen LogP contribution in [-0.4, -0.2) is 33.6 Å². The Bertz CT molecular complexity index is 975. The lowest BCUT2D eigenvalue weighted by atomic mass is 10.0. The van der Waals surface area contributed by atoms with Crippen molar-refractivity contribution in [1.82, 2.24) is 20.5 Å². The van der Waals surface area contributed by atoms with Crippen LogP contribution >= 0.6 is 0 Å². The molecule has 0 radical (unpaired) electrons. The molecule has 4 N–H and O–H groups in total. The number of hydrogen-bond acceptors (Lipinski definition) is 6. The van der Waals surface area contributed by atoms with Crippen LogP contribution in [0.2, 0.25) is 0 Å². The molecule has 1 atom stereocenters. The third kappa shape index (κ3) is 3.90. The van der Waals surface area contributed by atoms with Gasteiger partial charge in [-0.3, -0.25) is 24.7 Å². The molecule has 3 heterocycles. The lowest BCUT2D eigenvalue weighted by Gasteiger charge is -2.29. The van der Waals surface area contributed by atoms with Crippen LogP contribution in [0.4, 0.5) is 0 Å². The van der Waals surface area contributed by atoms with Crippen molar-refractivity contribution in [3.05, 3.63) is 64.5 Å². The van der Waals surface area contributed by atoms with Crippen molar-refractivity contribution >= 4 is 17.7 Å². The van der Waals surface area contributed by atoms with Gasteiger partial charge in [-0.05, 0) is 35.2 Å². The molecule has 0 aliphatic carbocycles. The molecule has 0 spiro atoms. The molecule has 29 heavy (non-hydrogen) atoms. The Kier molecular flexibility index (Phi) is 5.37. The zero-order valence-electron chi connectivity index (χ0n) is 16.0. The number of hydrogen-bond donors (Lipinski definition) is 3. The van der Waals surface area contributed by atoms with Crippen LogP contribution in [0.5, 0.6) is 0 Å². The smallest absolute Gasteiger partial charge is 0.255 e. The first-order valence-corrected chi connectivity index (χ1v) is 9.67. The van der Waals surface area contributed by atoms with Crippen LogP contribution in [0.3, 0.4) is 0 Å². The van der Waals surface area contributed by atoms with Crippen LogP contribution in [0.1, 0.15) is 45.6 Å². The summed E-state index contributed by atoms with van der Waals surface area (Å²) in [6.45, 7) is 2.01. The van der Waals surface area contributed by atoms with Gasteiger partial charge in [-0.1, -0.05) is 18.2 Å². The fourth-order valence-corrected chi connectivity index (χ4v) is 3.87. The van der Waals surface area contributed by atoms with Crippen molar-refractivity contribution in [2.75, 3.05) is 0 Å². The standard InChI is InChI=1S/C21H23N5O3/c22-9-17-14(2-1-7-24-17)11-23-10-13-3-4-15-12-26(21(29)16(15)8-13)18-5-6-19(27)25-20(18)28/h1-4,7-8,18,23H,5-6,9-12,22H2,(H,25,27,28). The zero-order chi connectivity index (χ0) is 20.4. The molecule has 2 aromatic rings. The summed E-state index contributed by atoms with van der Waals surface area (Å²) in [7, 11) is 0. The Hall–Kier alpha value is -3.10. The third-order valence-electron chi connectivity index (χ3n) is 5.42. The summed E-state index contributed by atoms with van der Waals surface area (Å²) in [5.74, 6) is -0.833. The number of imide groups is 1. The predicted octanol–water partition coefficient (Wildman–Crippen LogP) is 0.591. The van der Waals surface area contributed by atoms with Crippen LogP contribution in [0.15, 0.2) is 36.5 Å². The van der Waals surface area contributed by atoms with Gasteiger partial charge in [0.05, 0.1) is 5.69 Å². The van der Waals surface area contributed by atoms with Crippen molar-refractivity contribution in [2.45, 2.75) is 45.1 Å². The van der Waals surface area contributed by atoms with E-state index in [9.17, 15) is 14.4 Å². The average Bonchev–Trinajstić information content (AvgIpc) is 3.04. The van der Waals surface area contributed by atoms with E-state index in [0.717, 1.165) is 22.4 Å². The number of fused-ring (bicyclic) bond motifs is 1. The summed E-state index contributed by atoms with van der Waals surface area (Å²) in [5, 5.41) is 5.69. The molecule has 0 bridgehead atoms. The van der Waals surface area contributed by atoms with Crippen LogP contribution in [-0.2, 0) is 35.8 Å². The monoisotopic (exact) mass is 393 g/mol. The minimum absolute atomic E-state index is 0.158. The molecule has 0 saturated carbocycles. The van der Waals surface area contributed by atoms with Crippen molar-refractivity contribution in [1.29, 1.82) is 0 Å². The van der Waals surface area contributed by atoms with E-state index in [2.05, 4.69) is 15.6 Å². The van der Waals surface area contributed by atoms with E-state index in [1.54, 1.807) is 11.1 Å². The zero-order valence-corrected chi connectivity index (χ0v) is 16.0. The summed E-state index contributed by atoms with van der Waals surface area (Å²) < 4.78 is 0. The van der Waals surface area contributed by atoms with Crippen molar-refractivity contribution in [3.63, 3.8) is 0 Å². The number of rotatable bonds is 6. The van der Waals surface area contributed by atoms with Gasteiger partial charge in [0.1, 0.15) is 6.04 Å².